The third kappa shape index (κ3) is 4.89. The Bertz CT molecular complexity index is 486. The van der Waals surface area contributed by atoms with Crippen molar-refractivity contribution in [2.75, 3.05) is 13.7 Å². The smallest absolute Gasteiger partial charge is 0.332 e. The number of nitrogens with one attached hydrogen (secondary N) is 1. The molecule has 1 aromatic rings. The summed E-state index contributed by atoms with van der Waals surface area (Å²) in [5.41, 5.74) is 1.80. The van der Waals surface area contributed by atoms with Gasteiger partial charge in [-0.05, 0) is 24.1 Å². The molecule has 0 spiro atoms. The van der Waals surface area contributed by atoms with Crippen LogP contribution in [0.15, 0.2) is 18.2 Å². The van der Waals surface area contributed by atoms with Crippen molar-refractivity contribution in [2.24, 2.45) is 0 Å². The molecule has 1 unspecified atom stereocenters. The fourth-order valence-corrected chi connectivity index (χ4v) is 1.69. The Hall–Kier alpha value is -2.08. The largest absolute Gasteiger partial charge is 0.496 e. The Kier molecular flexibility index (Phi) is 5.99. The van der Waals surface area contributed by atoms with E-state index in [9.17, 15) is 9.59 Å². The Labute approximate surface area is 117 Å². The number of aliphatic hydroxyl groups excluding tert-OH is 1. The minimum atomic E-state index is -1.45. The number of hydrogen-bond acceptors (Lipinski definition) is 4. The SMILES string of the molecule is COc1cc(CC(=O)NCCC(O)C(=O)O)ccc1C. The number of carboxylic acid groups (broad SMARTS) is 1. The molecule has 0 saturated carbocycles. The van der Waals surface area contributed by atoms with E-state index in [0.717, 1.165) is 16.9 Å². The van der Waals surface area contributed by atoms with Crippen LogP contribution < -0.4 is 10.1 Å². The molecule has 0 bridgehead atoms. The lowest BCUT2D eigenvalue weighted by atomic mass is 10.1. The van der Waals surface area contributed by atoms with Crippen LogP contribution in [0.1, 0.15) is 17.5 Å². The first-order chi connectivity index (χ1) is 9.43. The van der Waals surface area contributed by atoms with Crippen molar-refractivity contribution < 1.29 is 24.5 Å². The zero-order valence-electron chi connectivity index (χ0n) is 11.5. The van der Waals surface area contributed by atoms with Crippen LogP contribution in [0.5, 0.6) is 5.75 Å². The molecule has 0 aromatic heterocycles. The monoisotopic (exact) mass is 281 g/mol. The maximum Gasteiger partial charge on any atom is 0.332 e. The average molecular weight is 281 g/mol. The number of benzene rings is 1. The predicted molar refractivity (Wildman–Crippen MR) is 72.7 cm³/mol. The minimum Gasteiger partial charge on any atom is -0.496 e. The standard InChI is InChI=1S/C14H19NO5/c1-9-3-4-10(7-12(9)20-2)8-13(17)15-6-5-11(16)14(18)19/h3-4,7,11,16H,5-6,8H2,1-2H3,(H,15,17)(H,18,19). The average Bonchev–Trinajstić information content (AvgIpc) is 2.40. The molecule has 0 aliphatic carbocycles. The maximum atomic E-state index is 11.7. The second-order valence-electron chi connectivity index (χ2n) is 4.47. The summed E-state index contributed by atoms with van der Waals surface area (Å²) < 4.78 is 5.18. The summed E-state index contributed by atoms with van der Waals surface area (Å²) in [6.07, 6.45) is -1.28. The highest BCUT2D eigenvalue weighted by molar-refractivity contribution is 5.78. The third-order valence-corrected chi connectivity index (χ3v) is 2.86. The van der Waals surface area contributed by atoms with Crippen molar-refractivity contribution in [1.29, 1.82) is 0 Å². The van der Waals surface area contributed by atoms with Crippen molar-refractivity contribution in [3.8, 4) is 5.75 Å². The molecule has 1 aromatic carbocycles. The first-order valence-corrected chi connectivity index (χ1v) is 6.25. The van der Waals surface area contributed by atoms with E-state index in [4.69, 9.17) is 14.9 Å². The lowest BCUT2D eigenvalue weighted by molar-refractivity contribution is -0.147. The fourth-order valence-electron chi connectivity index (χ4n) is 1.69. The number of carboxylic acids is 1. The zero-order valence-corrected chi connectivity index (χ0v) is 11.5. The molecule has 1 rings (SSSR count). The van der Waals surface area contributed by atoms with Gasteiger partial charge in [0.2, 0.25) is 5.91 Å². The number of rotatable bonds is 7. The summed E-state index contributed by atoms with van der Waals surface area (Å²) in [5.74, 6) is -0.799. The van der Waals surface area contributed by atoms with Crippen molar-refractivity contribution in [3.63, 3.8) is 0 Å². The summed E-state index contributed by atoms with van der Waals surface area (Å²) in [5, 5.41) is 20.1. The van der Waals surface area contributed by atoms with E-state index in [0.29, 0.717) is 0 Å². The van der Waals surface area contributed by atoms with Gasteiger partial charge in [-0.1, -0.05) is 12.1 Å². The predicted octanol–water partition coefficient (Wildman–Crippen LogP) is 0.498. The van der Waals surface area contributed by atoms with Gasteiger partial charge in [-0.3, -0.25) is 4.79 Å². The van der Waals surface area contributed by atoms with Gasteiger partial charge in [-0.2, -0.15) is 0 Å². The van der Waals surface area contributed by atoms with E-state index in [1.54, 1.807) is 13.2 Å². The van der Waals surface area contributed by atoms with Crippen LogP contribution in [0.25, 0.3) is 0 Å². The van der Waals surface area contributed by atoms with Gasteiger partial charge in [0.25, 0.3) is 0 Å². The number of ether oxygens (including phenoxy) is 1. The molecule has 0 heterocycles. The van der Waals surface area contributed by atoms with Crippen molar-refractivity contribution in [2.45, 2.75) is 25.9 Å². The molecule has 0 saturated heterocycles. The molecule has 0 aliphatic heterocycles. The Balaban J connectivity index is 2.44. The lowest BCUT2D eigenvalue weighted by Crippen LogP contribution is -2.30. The van der Waals surface area contributed by atoms with Gasteiger partial charge < -0.3 is 20.3 Å². The summed E-state index contributed by atoms with van der Waals surface area (Å²) in [7, 11) is 1.57. The summed E-state index contributed by atoms with van der Waals surface area (Å²) in [6, 6.07) is 5.50. The Morgan fingerprint density at radius 3 is 2.70 bits per heavy atom. The summed E-state index contributed by atoms with van der Waals surface area (Å²) in [6.45, 7) is 2.03. The highest BCUT2D eigenvalue weighted by Crippen LogP contribution is 2.19. The topological polar surface area (TPSA) is 95.9 Å². The number of aliphatic carboxylic acids is 1. The molecule has 0 radical (unpaired) electrons. The summed E-state index contributed by atoms with van der Waals surface area (Å²) >= 11 is 0. The molecule has 110 valence electrons. The van der Waals surface area contributed by atoms with Crippen LogP contribution in [0, 0.1) is 6.92 Å². The molecule has 1 amide bonds. The van der Waals surface area contributed by atoms with E-state index < -0.39 is 12.1 Å². The molecule has 0 aliphatic rings. The molecule has 0 fully saturated rings. The first-order valence-electron chi connectivity index (χ1n) is 6.25. The van der Waals surface area contributed by atoms with Gasteiger partial charge in [0.15, 0.2) is 6.10 Å². The zero-order chi connectivity index (χ0) is 15.1. The van der Waals surface area contributed by atoms with Crippen LogP contribution in [0.3, 0.4) is 0 Å². The Morgan fingerprint density at radius 1 is 1.40 bits per heavy atom. The van der Waals surface area contributed by atoms with E-state index in [2.05, 4.69) is 5.32 Å². The van der Waals surface area contributed by atoms with E-state index in [1.807, 2.05) is 19.1 Å². The van der Waals surface area contributed by atoms with Crippen LogP contribution in [-0.2, 0) is 16.0 Å². The molecule has 1 atom stereocenters. The van der Waals surface area contributed by atoms with Gasteiger partial charge in [-0.15, -0.1) is 0 Å². The number of aryl methyl sites for hydroxylation is 1. The minimum absolute atomic E-state index is 0.0156. The number of carbonyl (C=O) groups is 2. The van der Waals surface area contributed by atoms with Crippen LogP contribution >= 0.6 is 0 Å². The van der Waals surface area contributed by atoms with Crippen LogP contribution in [0.4, 0.5) is 0 Å². The van der Waals surface area contributed by atoms with Crippen molar-refractivity contribution in [3.05, 3.63) is 29.3 Å². The lowest BCUT2D eigenvalue weighted by Gasteiger charge is -2.09. The molecule has 6 heteroatoms. The quantitative estimate of drug-likeness (QED) is 0.676. The van der Waals surface area contributed by atoms with E-state index in [-0.39, 0.29) is 25.3 Å². The Morgan fingerprint density at radius 2 is 2.10 bits per heavy atom. The van der Waals surface area contributed by atoms with Gasteiger partial charge in [0, 0.05) is 13.0 Å². The fraction of sp³-hybridized carbons (Fsp3) is 0.429. The molecular weight excluding hydrogens is 262 g/mol. The number of methoxy groups -OCH3 is 1. The van der Waals surface area contributed by atoms with Gasteiger partial charge in [0.05, 0.1) is 13.5 Å². The number of amides is 1. The first kappa shape index (κ1) is 16.0. The highest BCUT2D eigenvalue weighted by Gasteiger charge is 2.13. The summed E-state index contributed by atoms with van der Waals surface area (Å²) in [4.78, 5) is 22.1. The molecule has 20 heavy (non-hydrogen) atoms. The second-order valence-corrected chi connectivity index (χ2v) is 4.47. The highest BCUT2D eigenvalue weighted by atomic mass is 16.5. The molecule has 3 N–H and O–H groups in total. The van der Waals surface area contributed by atoms with E-state index >= 15 is 0 Å². The molecular formula is C14H19NO5. The van der Waals surface area contributed by atoms with Crippen LogP contribution in [0.2, 0.25) is 0 Å². The van der Waals surface area contributed by atoms with Crippen molar-refractivity contribution in [1.82, 2.24) is 5.32 Å². The second kappa shape index (κ2) is 7.49. The van der Waals surface area contributed by atoms with Gasteiger partial charge in [-0.25, -0.2) is 4.79 Å². The van der Waals surface area contributed by atoms with Gasteiger partial charge in [0.1, 0.15) is 5.75 Å². The number of aliphatic hydroxyl groups is 1. The maximum absolute atomic E-state index is 11.7. The van der Waals surface area contributed by atoms with Crippen molar-refractivity contribution >= 4 is 11.9 Å². The third-order valence-electron chi connectivity index (χ3n) is 2.86. The molecule has 6 nitrogen and oxygen atoms in total. The van der Waals surface area contributed by atoms with E-state index in [1.165, 1.54) is 0 Å². The van der Waals surface area contributed by atoms with Crippen LogP contribution in [-0.4, -0.2) is 41.8 Å². The normalized spacial score (nSPS) is 11.8. The van der Waals surface area contributed by atoms with Gasteiger partial charge >= 0.3 is 5.97 Å². The number of hydrogen-bond donors (Lipinski definition) is 3. The number of carbonyl (C=O) groups excluding carboxylic acids is 1.